The lowest BCUT2D eigenvalue weighted by molar-refractivity contribution is -0.151. The average Bonchev–Trinajstić information content (AvgIpc) is 2.90. The standard InChI is InChI=1S/C18H16N2O3/c1-20-7-6-17-14-10-2-3-11(9-19)15(14)23-16(17)12(21)4-5-18(17,22)13(20)8-10/h2-5,13,16,22H,6-8H2,1H3. The number of carbonyl (C=O) groups is 1. The van der Waals surface area contributed by atoms with Gasteiger partial charge in [0.1, 0.15) is 17.4 Å². The van der Waals surface area contributed by atoms with Crippen LogP contribution >= 0.6 is 0 Å². The summed E-state index contributed by atoms with van der Waals surface area (Å²) in [6.45, 7) is 0.795. The van der Waals surface area contributed by atoms with Gasteiger partial charge in [-0.3, -0.25) is 9.69 Å². The first-order valence-corrected chi connectivity index (χ1v) is 7.92. The molecule has 0 radical (unpaired) electrons. The molecule has 5 rings (SSSR count). The highest BCUT2D eigenvalue weighted by molar-refractivity contribution is 5.99. The molecule has 2 aliphatic carbocycles. The van der Waals surface area contributed by atoms with Gasteiger partial charge >= 0.3 is 0 Å². The summed E-state index contributed by atoms with van der Waals surface area (Å²) >= 11 is 0. The maximum Gasteiger partial charge on any atom is 0.196 e. The Hall–Kier alpha value is -2.16. The summed E-state index contributed by atoms with van der Waals surface area (Å²) in [5.74, 6) is 0.388. The fourth-order valence-corrected chi connectivity index (χ4v) is 5.23. The number of piperidine rings is 1. The van der Waals surface area contributed by atoms with Crippen molar-refractivity contribution in [1.29, 1.82) is 5.26 Å². The van der Waals surface area contributed by atoms with Gasteiger partial charge in [0.05, 0.1) is 11.0 Å². The predicted molar refractivity (Wildman–Crippen MR) is 81.1 cm³/mol. The van der Waals surface area contributed by atoms with Crippen molar-refractivity contribution in [3.8, 4) is 11.8 Å². The van der Waals surface area contributed by atoms with Gasteiger partial charge in [0, 0.05) is 11.6 Å². The van der Waals surface area contributed by atoms with Crippen molar-refractivity contribution in [2.24, 2.45) is 0 Å². The van der Waals surface area contributed by atoms with Crippen LogP contribution in [-0.2, 0) is 16.6 Å². The summed E-state index contributed by atoms with van der Waals surface area (Å²) in [6, 6.07) is 5.80. The summed E-state index contributed by atoms with van der Waals surface area (Å²) in [6.07, 6.45) is 3.74. The van der Waals surface area contributed by atoms with Crippen molar-refractivity contribution in [3.63, 3.8) is 0 Å². The molecule has 116 valence electrons. The highest BCUT2D eigenvalue weighted by atomic mass is 16.5. The SMILES string of the molecule is CN1CCC23c4c5ccc(C#N)c4OC2C(=O)C=CC3(O)C1C5. The van der Waals surface area contributed by atoms with E-state index >= 15 is 0 Å². The quantitative estimate of drug-likeness (QED) is 0.763. The van der Waals surface area contributed by atoms with E-state index in [1.54, 1.807) is 12.1 Å². The van der Waals surface area contributed by atoms with Gasteiger partial charge in [-0.05, 0) is 50.2 Å². The van der Waals surface area contributed by atoms with Crippen molar-refractivity contribution >= 4 is 5.78 Å². The maximum absolute atomic E-state index is 12.5. The average molecular weight is 308 g/mol. The zero-order chi connectivity index (χ0) is 16.0. The van der Waals surface area contributed by atoms with Crippen molar-refractivity contribution < 1.29 is 14.6 Å². The predicted octanol–water partition coefficient (Wildman–Crippen LogP) is 0.687. The Morgan fingerprint density at radius 1 is 1.48 bits per heavy atom. The topological polar surface area (TPSA) is 73.6 Å². The molecule has 5 nitrogen and oxygen atoms in total. The molecule has 1 spiro atoms. The number of benzene rings is 1. The molecule has 1 saturated heterocycles. The van der Waals surface area contributed by atoms with E-state index in [4.69, 9.17) is 4.74 Å². The molecule has 4 unspecified atom stereocenters. The first-order chi connectivity index (χ1) is 11.0. The van der Waals surface area contributed by atoms with E-state index in [-0.39, 0.29) is 11.8 Å². The third-order valence-electron chi connectivity index (χ3n) is 6.28. The van der Waals surface area contributed by atoms with E-state index in [9.17, 15) is 15.2 Å². The Kier molecular flexibility index (Phi) is 2.22. The van der Waals surface area contributed by atoms with Gasteiger partial charge < -0.3 is 9.84 Å². The number of aliphatic hydroxyl groups is 1. The highest BCUT2D eigenvalue weighted by Crippen LogP contribution is 2.62. The van der Waals surface area contributed by atoms with Crippen molar-refractivity contribution in [2.75, 3.05) is 13.6 Å². The molecule has 1 N–H and O–H groups in total. The summed E-state index contributed by atoms with van der Waals surface area (Å²) in [5.41, 5.74) is 0.536. The number of rotatable bonds is 0. The minimum atomic E-state index is -1.13. The largest absolute Gasteiger partial charge is 0.479 e. The number of hydrogen-bond acceptors (Lipinski definition) is 5. The second kappa shape index (κ2) is 3.84. The molecule has 1 aromatic carbocycles. The van der Waals surface area contributed by atoms with Gasteiger partial charge in [-0.1, -0.05) is 6.07 Å². The Labute approximate surface area is 133 Å². The number of likely N-dealkylation sites (N-methyl/N-ethyl adjacent to an activating group) is 1. The zero-order valence-corrected chi connectivity index (χ0v) is 12.7. The number of nitrogens with zero attached hydrogens (tertiary/aromatic N) is 2. The van der Waals surface area contributed by atoms with Gasteiger partial charge in [-0.15, -0.1) is 0 Å². The maximum atomic E-state index is 12.5. The molecule has 5 heteroatoms. The molecule has 2 aliphatic heterocycles. The Balaban J connectivity index is 1.91. The molecule has 0 amide bonds. The number of carbonyl (C=O) groups excluding carboxylic acids is 1. The van der Waals surface area contributed by atoms with Crippen LogP contribution in [0.5, 0.6) is 5.75 Å². The van der Waals surface area contributed by atoms with Crippen LogP contribution < -0.4 is 4.74 Å². The molecular weight excluding hydrogens is 292 g/mol. The molecule has 0 aromatic heterocycles. The van der Waals surface area contributed by atoms with E-state index in [2.05, 4.69) is 11.0 Å². The fourth-order valence-electron chi connectivity index (χ4n) is 5.23. The van der Waals surface area contributed by atoms with Gasteiger partial charge in [0.15, 0.2) is 11.9 Å². The second-order valence-corrected chi connectivity index (χ2v) is 7.07. The smallest absolute Gasteiger partial charge is 0.196 e. The van der Waals surface area contributed by atoms with Crippen LogP contribution in [-0.4, -0.2) is 47.1 Å². The van der Waals surface area contributed by atoms with Crippen molar-refractivity contribution in [3.05, 3.63) is 41.0 Å². The third kappa shape index (κ3) is 1.22. The van der Waals surface area contributed by atoms with E-state index in [1.165, 1.54) is 6.08 Å². The third-order valence-corrected chi connectivity index (χ3v) is 6.28. The first-order valence-electron chi connectivity index (χ1n) is 7.92. The zero-order valence-electron chi connectivity index (χ0n) is 12.7. The van der Waals surface area contributed by atoms with Gasteiger partial charge in [0.25, 0.3) is 0 Å². The van der Waals surface area contributed by atoms with E-state index in [0.29, 0.717) is 24.2 Å². The summed E-state index contributed by atoms with van der Waals surface area (Å²) in [5, 5.41) is 21.0. The number of nitriles is 1. The normalized spacial score (nSPS) is 39.6. The monoisotopic (exact) mass is 308 g/mol. The van der Waals surface area contributed by atoms with Crippen LogP contribution in [0.25, 0.3) is 0 Å². The van der Waals surface area contributed by atoms with Crippen molar-refractivity contribution in [1.82, 2.24) is 4.90 Å². The van der Waals surface area contributed by atoms with Gasteiger partial charge in [-0.2, -0.15) is 5.26 Å². The molecular formula is C18H16N2O3. The Morgan fingerprint density at radius 2 is 2.30 bits per heavy atom. The first kappa shape index (κ1) is 13.3. The number of likely N-dealkylation sites (tertiary alicyclic amines) is 1. The van der Waals surface area contributed by atoms with Crippen LogP contribution in [0.3, 0.4) is 0 Å². The molecule has 4 atom stereocenters. The number of hydrogen-bond donors (Lipinski definition) is 1. The van der Waals surface area contributed by atoms with Gasteiger partial charge in [-0.25, -0.2) is 0 Å². The van der Waals surface area contributed by atoms with Crippen LogP contribution in [0.2, 0.25) is 0 Å². The summed E-state index contributed by atoms with van der Waals surface area (Å²) in [7, 11) is 2.01. The van der Waals surface area contributed by atoms with Gasteiger partial charge in [0.2, 0.25) is 0 Å². The fraction of sp³-hybridized carbons (Fsp3) is 0.444. The van der Waals surface area contributed by atoms with Crippen LogP contribution in [0.15, 0.2) is 24.3 Å². The van der Waals surface area contributed by atoms with Crippen LogP contribution in [0.1, 0.15) is 23.1 Å². The highest BCUT2D eigenvalue weighted by Gasteiger charge is 2.71. The lowest BCUT2D eigenvalue weighted by Crippen LogP contribution is -2.74. The Morgan fingerprint density at radius 3 is 3.09 bits per heavy atom. The number of ketones is 1. The summed E-state index contributed by atoms with van der Waals surface area (Å²) < 4.78 is 6.01. The van der Waals surface area contributed by atoms with E-state index in [1.807, 2.05) is 13.1 Å². The minimum Gasteiger partial charge on any atom is -0.479 e. The van der Waals surface area contributed by atoms with Crippen LogP contribution in [0.4, 0.5) is 0 Å². The molecule has 4 aliphatic rings. The summed E-state index contributed by atoms with van der Waals surface area (Å²) in [4.78, 5) is 14.7. The molecule has 2 bridgehead atoms. The molecule has 0 saturated carbocycles. The molecule has 23 heavy (non-hydrogen) atoms. The van der Waals surface area contributed by atoms with E-state index in [0.717, 1.165) is 17.7 Å². The molecule has 1 aromatic rings. The Bertz CT molecular complexity index is 839. The lowest BCUT2D eigenvalue weighted by atomic mass is 9.51. The number of ether oxygens (including phenoxy) is 1. The van der Waals surface area contributed by atoms with Crippen molar-refractivity contribution in [2.45, 2.75) is 36.0 Å². The minimum absolute atomic E-state index is 0.0851. The van der Waals surface area contributed by atoms with E-state index < -0.39 is 17.1 Å². The molecule has 1 fully saturated rings. The lowest BCUT2D eigenvalue weighted by Gasteiger charge is -2.60. The second-order valence-electron chi connectivity index (χ2n) is 7.07. The van der Waals surface area contributed by atoms with Crippen LogP contribution in [0, 0.1) is 11.3 Å². The molecule has 2 heterocycles.